The van der Waals surface area contributed by atoms with Gasteiger partial charge in [-0.1, -0.05) is 29.8 Å². The van der Waals surface area contributed by atoms with Gasteiger partial charge in [0, 0.05) is 16.8 Å². The van der Waals surface area contributed by atoms with Gasteiger partial charge in [0.15, 0.2) is 0 Å². The van der Waals surface area contributed by atoms with Gasteiger partial charge in [-0.25, -0.2) is 17.7 Å². The molecule has 0 amide bonds. The second-order valence-electron chi connectivity index (χ2n) is 5.83. The van der Waals surface area contributed by atoms with Crippen LogP contribution in [0, 0.1) is 6.92 Å². The van der Waals surface area contributed by atoms with E-state index in [0.717, 1.165) is 5.56 Å². The number of ether oxygens (including phenoxy) is 1. The van der Waals surface area contributed by atoms with Crippen LogP contribution in [0.2, 0.25) is 5.02 Å². The topological polar surface area (TPSA) is 72.4 Å². The molecule has 6 nitrogen and oxygen atoms in total. The molecule has 26 heavy (non-hydrogen) atoms. The lowest BCUT2D eigenvalue weighted by Crippen LogP contribution is -2.25. The van der Waals surface area contributed by atoms with Crippen LogP contribution < -0.4 is 9.04 Å². The standard InChI is InChI=1S/C18H14ClN3O3S/c1-12-10-17(21-18(20-12)25-15-8-6-14(19)7-9-15)22-11-13-4-2-3-5-16(13)26(22,23)24/h2-10H,11H2,1H3. The van der Waals surface area contributed by atoms with Gasteiger partial charge in [0.2, 0.25) is 0 Å². The van der Waals surface area contributed by atoms with Crippen molar-refractivity contribution in [3.05, 3.63) is 70.9 Å². The first-order valence-electron chi connectivity index (χ1n) is 7.83. The predicted molar refractivity (Wildman–Crippen MR) is 98.1 cm³/mol. The molecule has 4 rings (SSSR count). The summed E-state index contributed by atoms with van der Waals surface area (Å²) in [5.74, 6) is 0.788. The number of fused-ring (bicyclic) bond motifs is 1. The Labute approximate surface area is 156 Å². The van der Waals surface area contributed by atoms with Crippen molar-refractivity contribution in [2.75, 3.05) is 4.31 Å². The van der Waals surface area contributed by atoms with Gasteiger partial charge in [0.1, 0.15) is 11.6 Å². The van der Waals surface area contributed by atoms with Crippen molar-refractivity contribution in [1.82, 2.24) is 9.97 Å². The highest BCUT2D eigenvalue weighted by molar-refractivity contribution is 7.93. The lowest BCUT2D eigenvalue weighted by Gasteiger charge is -2.17. The van der Waals surface area contributed by atoms with E-state index in [0.29, 0.717) is 21.4 Å². The number of sulfonamides is 1. The van der Waals surface area contributed by atoms with Gasteiger partial charge in [-0.05, 0) is 42.8 Å². The summed E-state index contributed by atoms with van der Waals surface area (Å²) in [7, 11) is -3.64. The summed E-state index contributed by atoms with van der Waals surface area (Å²) in [5, 5.41) is 0.587. The molecular weight excluding hydrogens is 374 g/mol. The molecule has 132 valence electrons. The normalized spacial score (nSPS) is 14.9. The van der Waals surface area contributed by atoms with E-state index in [4.69, 9.17) is 16.3 Å². The number of halogens is 1. The van der Waals surface area contributed by atoms with Gasteiger partial charge in [0.05, 0.1) is 11.4 Å². The number of hydrogen-bond donors (Lipinski definition) is 0. The third-order valence-corrected chi connectivity index (χ3v) is 6.06. The molecule has 0 aliphatic carbocycles. The maximum atomic E-state index is 12.8. The molecule has 1 aliphatic rings. The van der Waals surface area contributed by atoms with Crippen molar-refractivity contribution >= 4 is 27.4 Å². The third-order valence-electron chi connectivity index (χ3n) is 3.95. The van der Waals surface area contributed by atoms with Gasteiger partial charge in [-0.2, -0.15) is 4.98 Å². The fraction of sp³-hybridized carbons (Fsp3) is 0.111. The number of nitrogens with zero attached hydrogens (tertiary/aromatic N) is 3. The lowest BCUT2D eigenvalue weighted by molar-refractivity contribution is 0.440. The zero-order valence-electron chi connectivity index (χ0n) is 13.8. The molecule has 0 fully saturated rings. The number of aromatic nitrogens is 2. The molecule has 0 radical (unpaired) electrons. The average Bonchev–Trinajstić information content (AvgIpc) is 2.88. The second kappa shape index (κ2) is 6.26. The Balaban J connectivity index is 1.70. The molecule has 0 spiro atoms. The summed E-state index contributed by atoms with van der Waals surface area (Å²) in [4.78, 5) is 8.83. The minimum absolute atomic E-state index is 0.0773. The molecule has 0 saturated carbocycles. The molecule has 3 aromatic rings. The molecule has 0 bridgehead atoms. The second-order valence-corrected chi connectivity index (χ2v) is 8.09. The van der Waals surface area contributed by atoms with Crippen LogP contribution in [0.25, 0.3) is 0 Å². The van der Waals surface area contributed by atoms with E-state index in [2.05, 4.69) is 9.97 Å². The van der Waals surface area contributed by atoms with Crippen molar-refractivity contribution < 1.29 is 13.2 Å². The monoisotopic (exact) mass is 387 g/mol. The Hall–Kier alpha value is -2.64. The van der Waals surface area contributed by atoms with E-state index in [1.807, 2.05) is 6.07 Å². The van der Waals surface area contributed by atoms with Crippen LogP contribution in [-0.2, 0) is 16.6 Å². The number of benzene rings is 2. The van der Waals surface area contributed by atoms with Crippen LogP contribution in [0.1, 0.15) is 11.3 Å². The summed E-state index contributed by atoms with van der Waals surface area (Å²) >= 11 is 5.87. The molecule has 0 unspecified atom stereocenters. The van der Waals surface area contributed by atoms with Gasteiger partial charge in [0.25, 0.3) is 10.0 Å². The molecule has 0 atom stereocenters. The summed E-state index contributed by atoms with van der Waals surface area (Å²) in [6.45, 7) is 1.99. The van der Waals surface area contributed by atoms with Crippen LogP contribution in [0.4, 0.5) is 5.82 Å². The van der Waals surface area contributed by atoms with Crippen molar-refractivity contribution in [2.45, 2.75) is 18.4 Å². The highest BCUT2D eigenvalue weighted by Crippen LogP contribution is 2.34. The number of anilines is 1. The van der Waals surface area contributed by atoms with E-state index in [1.165, 1.54) is 4.31 Å². The molecule has 1 aromatic heterocycles. The summed E-state index contributed by atoms with van der Waals surface area (Å²) in [6, 6.07) is 15.4. The number of hydrogen-bond acceptors (Lipinski definition) is 5. The summed E-state index contributed by atoms with van der Waals surface area (Å²) in [6.07, 6.45) is 0. The number of aryl methyl sites for hydroxylation is 1. The Morgan fingerprint density at radius 1 is 1.08 bits per heavy atom. The molecule has 0 saturated heterocycles. The highest BCUT2D eigenvalue weighted by atomic mass is 35.5. The van der Waals surface area contributed by atoms with Crippen LogP contribution in [0.5, 0.6) is 11.8 Å². The first-order chi connectivity index (χ1) is 12.4. The maximum Gasteiger partial charge on any atom is 0.324 e. The highest BCUT2D eigenvalue weighted by Gasteiger charge is 2.35. The molecule has 2 heterocycles. The molecular formula is C18H14ClN3O3S. The zero-order chi connectivity index (χ0) is 18.3. The molecule has 0 N–H and O–H groups in total. The summed E-state index contributed by atoms with van der Waals surface area (Å²) in [5.41, 5.74) is 1.34. The quantitative estimate of drug-likeness (QED) is 0.680. The zero-order valence-corrected chi connectivity index (χ0v) is 15.3. The van der Waals surface area contributed by atoms with E-state index in [1.54, 1.807) is 55.5 Å². The fourth-order valence-corrected chi connectivity index (χ4v) is 4.48. The SMILES string of the molecule is Cc1cc(N2Cc3ccccc3S2(=O)=O)nc(Oc2ccc(Cl)cc2)n1. The van der Waals surface area contributed by atoms with Gasteiger partial charge in [-0.15, -0.1) is 0 Å². The molecule has 1 aliphatic heterocycles. The fourth-order valence-electron chi connectivity index (χ4n) is 2.76. The number of rotatable bonds is 3. The maximum absolute atomic E-state index is 12.8. The van der Waals surface area contributed by atoms with Crippen molar-refractivity contribution in [1.29, 1.82) is 0 Å². The van der Waals surface area contributed by atoms with E-state index in [9.17, 15) is 8.42 Å². The lowest BCUT2D eigenvalue weighted by atomic mass is 10.2. The smallest absolute Gasteiger partial charge is 0.324 e. The largest absolute Gasteiger partial charge is 0.424 e. The van der Waals surface area contributed by atoms with Crippen molar-refractivity contribution in [3.63, 3.8) is 0 Å². The Bertz CT molecular complexity index is 1090. The molecule has 2 aromatic carbocycles. The molecule has 8 heteroatoms. The van der Waals surface area contributed by atoms with Crippen molar-refractivity contribution in [2.24, 2.45) is 0 Å². The van der Waals surface area contributed by atoms with E-state index >= 15 is 0 Å². The van der Waals surface area contributed by atoms with Crippen LogP contribution in [0.3, 0.4) is 0 Å². The Morgan fingerprint density at radius 3 is 2.54 bits per heavy atom. The third kappa shape index (κ3) is 3.00. The van der Waals surface area contributed by atoms with Gasteiger partial charge in [-0.3, -0.25) is 0 Å². The van der Waals surface area contributed by atoms with Crippen LogP contribution in [-0.4, -0.2) is 18.4 Å². The minimum Gasteiger partial charge on any atom is -0.424 e. The van der Waals surface area contributed by atoms with Gasteiger partial charge >= 0.3 is 6.01 Å². The van der Waals surface area contributed by atoms with Crippen LogP contribution in [0.15, 0.2) is 59.5 Å². The Kier molecular flexibility index (Phi) is 4.05. The van der Waals surface area contributed by atoms with E-state index in [-0.39, 0.29) is 18.4 Å². The van der Waals surface area contributed by atoms with Crippen molar-refractivity contribution in [3.8, 4) is 11.8 Å². The summed E-state index contributed by atoms with van der Waals surface area (Å²) < 4.78 is 32.5. The first-order valence-corrected chi connectivity index (χ1v) is 9.65. The van der Waals surface area contributed by atoms with Crippen LogP contribution >= 0.6 is 11.6 Å². The first kappa shape index (κ1) is 16.8. The minimum atomic E-state index is -3.64. The Morgan fingerprint density at radius 2 is 1.81 bits per heavy atom. The van der Waals surface area contributed by atoms with Gasteiger partial charge < -0.3 is 4.74 Å². The predicted octanol–water partition coefficient (Wildman–Crippen LogP) is 3.94. The average molecular weight is 388 g/mol. The van der Waals surface area contributed by atoms with E-state index < -0.39 is 10.0 Å².